The molecule has 0 unspecified atom stereocenters. The maximum Gasteiger partial charge on any atom is -0.00187 e. The standard InChI is InChI=1S/C36H75N/c1-4-7-10-12-14-16-18-20-22-24-26-28-30-32-35-37(34-9-6-3)36-33-31-29-27-25-23-21-19-17-15-13-11-8-5-2/h4-36H2,1-3H3. The van der Waals surface area contributed by atoms with Gasteiger partial charge in [-0.1, -0.05) is 194 Å². The second-order valence-corrected chi connectivity index (χ2v) is 12.4. The van der Waals surface area contributed by atoms with Gasteiger partial charge < -0.3 is 4.90 Å². The normalized spacial score (nSPS) is 11.7. The average Bonchev–Trinajstić information content (AvgIpc) is 2.91. The van der Waals surface area contributed by atoms with Crippen molar-refractivity contribution in [3.63, 3.8) is 0 Å². The lowest BCUT2D eigenvalue weighted by Gasteiger charge is -2.22. The van der Waals surface area contributed by atoms with Gasteiger partial charge in [-0.05, 0) is 38.9 Å². The highest BCUT2D eigenvalue weighted by Crippen LogP contribution is 2.15. The minimum atomic E-state index is 1.34. The Bertz CT molecular complexity index is 347. The van der Waals surface area contributed by atoms with Crippen molar-refractivity contribution in [2.24, 2.45) is 0 Å². The predicted molar refractivity (Wildman–Crippen MR) is 172 cm³/mol. The molecule has 0 aliphatic heterocycles. The van der Waals surface area contributed by atoms with Gasteiger partial charge in [0.1, 0.15) is 0 Å². The topological polar surface area (TPSA) is 3.24 Å². The lowest BCUT2D eigenvalue weighted by atomic mass is 10.0. The van der Waals surface area contributed by atoms with Crippen molar-refractivity contribution < 1.29 is 0 Å². The lowest BCUT2D eigenvalue weighted by molar-refractivity contribution is 0.256. The van der Waals surface area contributed by atoms with Crippen LogP contribution >= 0.6 is 0 Å². The van der Waals surface area contributed by atoms with Gasteiger partial charge in [0.15, 0.2) is 0 Å². The first-order valence-corrected chi connectivity index (χ1v) is 18.1. The fourth-order valence-electron chi connectivity index (χ4n) is 5.78. The Kier molecular flexibility index (Phi) is 34.0. The summed E-state index contributed by atoms with van der Waals surface area (Å²) in [5.41, 5.74) is 0. The fourth-order valence-corrected chi connectivity index (χ4v) is 5.78. The van der Waals surface area contributed by atoms with Gasteiger partial charge in [-0.25, -0.2) is 0 Å². The van der Waals surface area contributed by atoms with Crippen molar-refractivity contribution in [3.05, 3.63) is 0 Å². The van der Waals surface area contributed by atoms with Crippen LogP contribution in [0.15, 0.2) is 0 Å². The third-order valence-corrected chi connectivity index (χ3v) is 8.48. The quantitative estimate of drug-likeness (QED) is 0.0776. The summed E-state index contributed by atoms with van der Waals surface area (Å²) in [4.78, 5) is 2.80. The third kappa shape index (κ3) is 32.1. The maximum atomic E-state index is 2.80. The first kappa shape index (κ1) is 37.0. The Hall–Kier alpha value is -0.0400. The smallest absolute Gasteiger partial charge is 0.00187 e. The minimum absolute atomic E-state index is 1.34. The van der Waals surface area contributed by atoms with Crippen LogP contribution in [-0.2, 0) is 0 Å². The summed E-state index contributed by atoms with van der Waals surface area (Å²) >= 11 is 0. The summed E-state index contributed by atoms with van der Waals surface area (Å²) in [6.45, 7) is 11.0. The molecule has 0 aromatic rings. The first-order valence-electron chi connectivity index (χ1n) is 18.1. The molecule has 0 N–H and O–H groups in total. The lowest BCUT2D eigenvalue weighted by Crippen LogP contribution is -2.27. The van der Waals surface area contributed by atoms with Crippen LogP contribution in [0.3, 0.4) is 0 Å². The number of hydrogen-bond acceptors (Lipinski definition) is 1. The monoisotopic (exact) mass is 522 g/mol. The van der Waals surface area contributed by atoms with Crippen molar-refractivity contribution in [1.29, 1.82) is 0 Å². The number of unbranched alkanes of at least 4 members (excludes halogenated alkanes) is 27. The zero-order valence-electron chi connectivity index (χ0n) is 26.8. The van der Waals surface area contributed by atoms with Gasteiger partial charge in [0.2, 0.25) is 0 Å². The summed E-state index contributed by atoms with van der Waals surface area (Å²) < 4.78 is 0. The zero-order chi connectivity index (χ0) is 26.9. The highest BCUT2D eigenvalue weighted by Gasteiger charge is 2.04. The van der Waals surface area contributed by atoms with Gasteiger partial charge in [0.05, 0.1) is 0 Å². The van der Waals surface area contributed by atoms with Gasteiger partial charge in [0, 0.05) is 0 Å². The van der Waals surface area contributed by atoms with E-state index < -0.39 is 0 Å². The molecule has 0 spiro atoms. The molecule has 37 heavy (non-hydrogen) atoms. The zero-order valence-corrected chi connectivity index (χ0v) is 26.8. The molecule has 0 aliphatic carbocycles. The number of rotatable bonds is 33. The SMILES string of the molecule is CCCCCCCCCCCCCCCCN(CCCC)CCCCCCCCCCCCCCCC. The van der Waals surface area contributed by atoms with E-state index in [1.807, 2.05) is 0 Å². The Morgan fingerprint density at radius 3 is 0.649 bits per heavy atom. The van der Waals surface area contributed by atoms with Crippen molar-refractivity contribution in [2.45, 2.75) is 213 Å². The summed E-state index contributed by atoms with van der Waals surface area (Å²) in [5, 5.41) is 0. The highest BCUT2D eigenvalue weighted by molar-refractivity contribution is 4.60. The molecule has 1 heteroatoms. The molecule has 0 rings (SSSR count). The van der Waals surface area contributed by atoms with Gasteiger partial charge in [-0.15, -0.1) is 0 Å². The van der Waals surface area contributed by atoms with Crippen molar-refractivity contribution in [2.75, 3.05) is 19.6 Å². The molecule has 0 saturated heterocycles. The molecule has 1 nitrogen and oxygen atoms in total. The van der Waals surface area contributed by atoms with E-state index >= 15 is 0 Å². The summed E-state index contributed by atoms with van der Waals surface area (Å²) in [6.07, 6.45) is 43.7. The molecule has 224 valence electrons. The summed E-state index contributed by atoms with van der Waals surface area (Å²) in [5.74, 6) is 0. The van der Waals surface area contributed by atoms with E-state index in [1.54, 1.807) is 0 Å². The van der Waals surface area contributed by atoms with Crippen LogP contribution in [0.25, 0.3) is 0 Å². The van der Waals surface area contributed by atoms with Crippen molar-refractivity contribution in [3.8, 4) is 0 Å². The maximum absolute atomic E-state index is 2.80. The second-order valence-electron chi connectivity index (χ2n) is 12.4. The molecule has 0 saturated carbocycles. The molecular formula is C36H75N. The second kappa shape index (κ2) is 34.0. The van der Waals surface area contributed by atoms with Gasteiger partial charge in [-0.2, -0.15) is 0 Å². The van der Waals surface area contributed by atoms with Crippen LogP contribution in [0.2, 0.25) is 0 Å². The van der Waals surface area contributed by atoms with E-state index in [0.29, 0.717) is 0 Å². The molecule has 0 fully saturated rings. The van der Waals surface area contributed by atoms with E-state index in [-0.39, 0.29) is 0 Å². The number of nitrogens with zero attached hydrogens (tertiary/aromatic N) is 1. The Morgan fingerprint density at radius 1 is 0.216 bits per heavy atom. The third-order valence-electron chi connectivity index (χ3n) is 8.48. The van der Waals surface area contributed by atoms with E-state index in [1.165, 1.54) is 212 Å². The van der Waals surface area contributed by atoms with Crippen LogP contribution in [0.4, 0.5) is 0 Å². The largest absolute Gasteiger partial charge is 0.303 e. The van der Waals surface area contributed by atoms with E-state index in [4.69, 9.17) is 0 Å². The molecule has 0 atom stereocenters. The Balaban J connectivity index is 3.46. The van der Waals surface area contributed by atoms with Crippen LogP contribution in [0.1, 0.15) is 213 Å². The van der Waals surface area contributed by atoms with Crippen LogP contribution in [0, 0.1) is 0 Å². The van der Waals surface area contributed by atoms with E-state index in [9.17, 15) is 0 Å². The van der Waals surface area contributed by atoms with E-state index in [2.05, 4.69) is 25.7 Å². The Morgan fingerprint density at radius 2 is 0.405 bits per heavy atom. The molecule has 0 bridgehead atoms. The minimum Gasteiger partial charge on any atom is -0.303 e. The van der Waals surface area contributed by atoms with Gasteiger partial charge >= 0.3 is 0 Å². The van der Waals surface area contributed by atoms with Gasteiger partial charge in [0.25, 0.3) is 0 Å². The van der Waals surface area contributed by atoms with Crippen LogP contribution in [0.5, 0.6) is 0 Å². The van der Waals surface area contributed by atoms with Crippen molar-refractivity contribution >= 4 is 0 Å². The van der Waals surface area contributed by atoms with Crippen molar-refractivity contribution in [1.82, 2.24) is 4.90 Å². The molecular weight excluding hydrogens is 446 g/mol. The molecule has 0 aromatic carbocycles. The molecule has 0 amide bonds. The number of hydrogen-bond donors (Lipinski definition) is 0. The highest BCUT2D eigenvalue weighted by atomic mass is 15.1. The first-order chi connectivity index (χ1) is 18.3. The molecule has 0 aromatic heterocycles. The predicted octanol–water partition coefficient (Wildman–Crippen LogP) is 13.1. The summed E-state index contributed by atoms with van der Waals surface area (Å²) in [7, 11) is 0. The average molecular weight is 522 g/mol. The summed E-state index contributed by atoms with van der Waals surface area (Å²) in [6, 6.07) is 0. The van der Waals surface area contributed by atoms with E-state index in [0.717, 1.165) is 0 Å². The van der Waals surface area contributed by atoms with Crippen LogP contribution in [-0.4, -0.2) is 24.5 Å². The molecule has 0 aliphatic rings. The fraction of sp³-hybridized carbons (Fsp3) is 1.00. The molecule has 0 radical (unpaired) electrons. The van der Waals surface area contributed by atoms with Crippen LogP contribution < -0.4 is 0 Å². The van der Waals surface area contributed by atoms with Gasteiger partial charge in [-0.3, -0.25) is 0 Å². The Labute approximate surface area is 237 Å². The molecule has 0 heterocycles.